The Labute approximate surface area is 113 Å². The van der Waals surface area contributed by atoms with Gasteiger partial charge in [0.15, 0.2) is 0 Å². The molecule has 4 nitrogen and oxygen atoms in total. The zero-order chi connectivity index (χ0) is 14.1. The van der Waals surface area contributed by atoms with E-state index in [2.05, 4.69) is 9.97 Å². The van der Waals surface area contributed by atoms with Crippen molar-refractivity contribution in [3.05, 3.63) is 60.2 Å². The summed E-state index contributed by atoms with van der Waals surface area (Å²) < 4.78 is 13.0. The van der Waals surface area contributed by atoms with Gasteiger partial charge in [0.2, 0.25) is 5.82 Å². The highest BCUT2D eigenvalue weighted by Gasteiger charge is 2.13. The summed E-state index contributed by atoms with van der Waals surface area (Å²) in [5.41, 5.74) is 1.67. The third kappa shape index (κ3) is 2.09. The van der Waals surface area contributed by atoms with Crippen LogP contribution in [0.15, 0.2) is 48.5 Å². The van der Waals surface area contributed by atoms with Gasteiger partial charge in [-0.3, -0.25) is 0 Å². The average molecular weight is 268 g/mol. The maximum absolute atomic E-state index is 13.0. The number of aromatic carboxylic acids is 1. The Hall–Kier alpha value is -2.82. The minimum atomic E-state index is -1.20. The molecule has 0 fully saturated rings. The molecule has 0 aliphatic heterocycles. The lowest BCUT2D eigenvalue weighted by Crippen LogP contribution is -2.05. The number of nitrogens with zero attached hydrogens (tertiary/aromatic N) is 2. The van der Waals surface area contributed by atoms with Gasteiger partial charge < -0.3 is 5.11 Å². The first kappa shape index (κ1) is 12.2. The van der Waals surface area contributed by atoms with Crippen LogP contribution in [0.3, 0.4) is 0 Å². The van der Waals surface area contributed by atoms with Gasteiger partial charge >= 0.3 is 5.97 Å². The molecule has 2 aromatic carbocycles. The van der Waals surface area contributed by atoms with Crippen molar-refractivity contribution >= 4 is 16.9 Å². The summed E-state index contributed by atoms with van der Waals surface area (Å²) in [7, 11) is 0. The van der Waals surface area contributed by atoms with Crippen LogP contribution in [0.4, 0.5) is 4.39 Å². The summed E-state index contributed by atoms with van der Waals surface area (Å²) in [6.07, 6.45) is 0. The van der Waals surface area contributed by atoms with Crippen LogP contribution in [0.2, 0.25) is 0 Å². The normalized spacial score (nSPS) is 10.7. The molecule has 0 spiro atoms. The first-order valence-corrected chi connectivity index (χ1v) is 5.91. The van der Waals surface area contributed by atoms with E-state index in [4.69, 9.17) is 5.11 Å². The number of carboxylic acids is 1. The van der Waals surface area contributed by atoms with Crippen molar-refractivity contribution < 1.29 is 14.3 Å². The maximum atomic E-state index is 13.0. The summed E-state index contributed by atoms with van der Waals surface area (Å²) in [5.74, 6) is -1.83. The molecule has 0 bridgehead atoms. The summed E-state index contributed by atoms with van der Waals surface area (Å²) in [5, 5.41) is 9.80. The number of halogens is 1. The molecule has 1 N–H and O–H groups in total. The minimum Gasteiger partial charge on any atom is -0.475 e. The van der Waals surface area contributed by atoms with E-state index in [1.165, 1.54) is 12.1 Å². The average Bonchev–Trinajstić information content (AvgIpc) is 2.47. The number of hydrogen-bond donors (Lipinski definition) is 1. The molecule has 0 radical (unpaired) electrons. The SMILES string of the molecule is O=C(O)c1nc(-c2ccc(F)cc2)c2ccccc2n1. The van der Waals surface area contributed by atoms with Gasteiger partial charge in [-0.2, -0.15) is 0 Å². The highest BCUT2D eigenvalue weighted by atomic mass is 19.1. The summed E-state index contributed by atoms with van der Waals surface area (Å²) in [4.78, 5) is 19.2. The fourth-order valence-corrected chi connectivity index (χ4v) is 2.00. The first-order chi connectivity index (χ1) is 9.65. The van der Waals surface area contributed by atoms with Crippen LogP contribution >= 0.6 is 0 Å². The largest absolute Gasteiger partial charge is 0.475 e. The fraction of sp³-hybridized carbons (Fsp3) is 0. The first-order valence-electron chi connectivity index (χ1n) is 5.91. The van der Waals surface area contributed by atoms with Crippen LogP contribution in [-0.4, -0.2) is 21.0 Å². The third-order valence-corrected chi connectivity index (χ3v) is 2.91. The highest BCUT2D eigenvalue weighted by molar-refractivity contribution is 5.95. The second-order valence-electron chi connectivity index (χ2n) is 4.23. The Kier molecular flexibility index (Phi) is 2.87. The van der Waals surface area contributed by atoms with E-state index in [0.29, 0.717) is 16.8 Å². The van der Waals surface area contributed by atoms with Gasteiger partial charge in [0.1, 0.15) is 5.82 Å². The molecular formula is C15H9FN2O2. The van der Waals surface area contributed by atoms with Gasteiger partial charge in [-0.05, 0) is 30.3 Å². The number of para-hydroxylation sites is 1. The lowest BCUT2D eigenvalue weighted by molar-refractivity contribution is 0.0684. The predicted molar refractivity (Wildman–Crippen MR) is 71.9 cm³/mol. The number of benzene rings is 2. The van der Waals surface area contributed by atoms with E-state index >= 15 is 0 Å². The van der Waals surface area contributed by atoms with Crippen molar-refractivity contribution in [3.63, 3.8) is 0 Å². The van der Waals surface area contributed by atoms with Gasteiger partial charge in [0.25, 0.3) is 0 Å². The number of aromatic nitrogens is 2. The minimum absolute atomic E-state index is 0.275. The van der Waals surface area contributed by atoms with Gasteiger partial charge in [-0.25, -0.2) is 19.2 Å². The highest BCUT2D eigenvalue weighted by Crippen LogP contribution is 2.26. The molecule has 0 aliphatic rings. The molecule has 1 aromatic heterocycles. The number of hydrogen-bond acceptors (Lipinski definition) is 3. The molecule has 0 unspecified atom stereocenters. The molecule has 0 saturated heterocycles. The summed E-state index contributed by atoms with van der Waals surface area (Å²) >= 11 is 0. The molecule has 0 aliphatic carbocycles. The quantitative estimate of drug-likeness (QED) is 0.775. The van der Waals surface area contributed by atoms with Crippen LogP contribution in [0.5, 0.6) is 0 Å². The van der Waals surface area contributed by atoms with Crippen LogP contribution in [0, 0.1) is 5.82 Å². The standard InChI is InChI=1S/C15H9FN2O2/c16-10-7-5-9(6-8-10)13-11-3-1-2-4-12(11)17-14(18-13)15(19)20/h1-8H,(H,19,20). The van der Waals surface area contributed by atoms with Gasteiger partial charge in [0, 0.05) is 10.9 Å². The fourth-order valence-electron chi connectivity index (χ4n) is 2.00. The van der Waals surface area contributed by atoms with Crippen LogP contribution in [0.25, 0.3) is 22.2 Å². The molecule has 98 valence electrons. The second kappa shape index (κ2) is 4.70. The monoisotopic (exact) mass is 268 g/mol. The topological polar surface area (TPSA) is 63.1 Å². The predicted octanol–water partition coefficient (Wildman–Crippen LogP) is 3.13. The van der Waals surface area contributed by atoms with Crippen molar-refractivity contribution in [3.8, 4) is 11.3 Å². The van der Waals surface area contributed by atoms with Crippen molar-refractivity contribution in [2.45, 2.75) is 0 Å². The molecule has 1 heterocycles. The number of carboxylic acid groups (broad SMARTS) is 1. The molecule has 3 rings (SSSR count). The summed E-state index contributed by atoms with van der Waals surface area (Å²) in [6, 6.07) is 12.9. The Morgan fingerprint density at radius 1 is 1.00 bits per heavy atom. The van der Waals surface area contributed by atoms with Gasteiger partial charge in [-0.1, -0.05) is 18.2 Å². The van der Waals surface area contributed by atoms with Crippen molar-refractivity contribution in [2.24, 2.45) is 0 Å². The summed E-state index contributed by atoms with van der Waals surface area (Å²) in [6.45, 7) is 0. The van der Waals surface area contributed by atoms with E-state index < -0.39 is 5.97 Å². The van der Waals surface area contributed by atoms with E-state index in [1.54, 1.807) is 30.3 Å². The lowest BCUT2D eigenvalue weighted by atomic mass is 10.1. The Balaban J connectivity index is 2.32. The molecule has 20 heavy (non-hydrogen) atoms. The van der Waals surface area contributed by atoms with Crippen molar-refractivity contribution in [1.82, 2.24) is 9.97 Å². The maximum Gasteiger partial charge on any atom is 0.373 e. The van der Waals surface area contributed by atoms with Crippen molar-refractivity contribution in [1.29, 1.82) is 0 Å². The molecule has 0 saturated carbocycles. The molecule has 0 amide bonds. The number of rotatable bonds is 2. The van der Waals surface area contributed by atoms with Crippen LogP contribution in [-0.2, 0) is 0 Å². The third-order valence-electron chi connectivity index (χ3n) is 2.91. The van der Waals surface area contributed by atoms with Crippen molar-refractivity contribution in [2.75, 3.05) is 0 Å². The second-order valence-corrected chi connectivity index (χ2v) is 4.23. The van der Waals surface area contributed by atoms with E-state index in [-0.39, 0.29) is 11.6 Å². The smallest absolute Gasteiger partial charge is 0.373 e. The molecule has 0 atom stereocenters. The Morgan fingerprint density at radius 3 is 2.40 bits per heavy atom. The van der Waals surface area contributed by atoms with E-state index in [0.717, 1.165) is 5.39 Å². The molecule has 3 aromatic rings. The van der Waals surface area contributed by atoms with Crippen LogP contribution in [0.1, 0.15) is 10.6 Å². The van der Waals surface area contributed by atoms with E-state index in [1.807, 2.05) is 6.07 Å². The van der Waals surface area contributed by atoms with Crippen LogP contribution < -0.4 is 0 Å². The van der Waals surface area contributed by atoms with E-state index in [9.17, 15) is 9.18 Å². The van der Waals surface area contributed by atoms with Gasteiger partial charge in [0.05, 0.1) is 11.2 Å². The Morgan fingerprint density at radius 2 is 1.70 bits per heavy atom. The Bertz CT molecular complexity index is 801. The zero-order valence-electron chi connectivity index (χ0n) is 10.2. The van der Waals surface area contributed by atoms with Gasteiger partial charge in [-0.15, -0.1) is 0 Å². The number of fused-ring (bicyclic) bond motifs is 1. The lowest BCUT2D eigenvalue weighted by Gasteiger charge is -2.07. The zero-order valence-corrected chi connectivity index (χ0v) is 10.2. The number of carbonyl (C=O) groups is 1. The molecular weight excluding hydrogens is 259 g/mol. The molecule has 5 heteroatoms.